The molecule has 0 aliphatic carbocycles. The van der Waals surface area contributed by atoms with Gasteiger partial charge in [0.05, 0.1) is 11.0 Å². The summed E-state index contributed by atoms with van der Waals surface area (Å²) in [5.41, 5.74) is 13.2. The van der Waals surface area contributed by atoms with E-state index in [0.29, 0.717) is 0 Å². The Hall–Kier alpha value is -7.92. The monoisotopic (exact) mass is 808 g/mol. The molecule has 0 unspecified atom stereocenters. The normalized spacial score (nSPS) is 11.9. The van der Waals surface area contributed by atoms with Crippen LogP contribution >= 0.6 is 11.3 Å². The Kier molecular flexibility index (Phi) is 7.78. The van der Waals surface area contributed by atoms with Gasteiger partial charge >= 0.3 is 0 Å². The first-order chi connectivity index (χ1) is 30.7. The van der Waals surface area contributed by atoms with Crippen molar-refractivity contribution in [1.29, 1.82) is 0 Å². The standard InChI is InChI=1S/C58H36N2OS/c1-2-17-46-38(12-1)28-33-51-57-45(21-11-24-54(57)61-58(46)51)40-13-9-14-42(34-40)59(41-30-26-37(27-31-41)39-29-32-50-49-20-5-8-25-55(49)62-56(50)35-39)43-15-10-16-44(36-43)60-52-22-6-3-18-47(52)48-19-4-7-23-53(48)60/h1-36H. The molecular formula is C58H36N2OS. The number of fused-ring (bicyclic) bond motifs is 11. The number of thiophene rings is 1. The van der Waals surface area contributed by atoms with Crippen molar-refractivity contribution in [3.63, 3.8) is 0 Å². The van der Waals surface area contributed by atoms with E-state index < -0.39 is 0 Å². The minimum absolute atomic E-state index is 0.888. The summed E-state index contributed by atoms with van der Waals surface area (Å²) in [6.45, 7) is 0. The minimum Gasteiger partial charge on any atom is -0.455 e. The number of nitrogens with zero attached hydrogens (tertiary/aromatic N) is 2. The van der Waals surface area contributed by atoms with Gasteiger partial charge in [-0.3, -0.25) is 0 Å². The first-order valence-corrected chi connectivity index (χ1v) is 21.9. The average Bonchev–Trinajstić information content (AvgIpc) is 4.02. The molecule has 290 valence electrons. The second kappa shape index (κ2) is 13.8. The lowest BCUT2D eigenvalue weighted by Gasteiger charge is -2.27. The molecule has 0 bridgehead atoms. The number of aromatic nitrogens is 1. The molecule has 13 aromatic rings. The van der Waals surface area contributed by atoms with Gasteiger partial charge in [0.25, 0.3) is 0 Å². The SMILES string of the molecule is c1cc(-c2cccc3oc4c5ccccc5ccc4c23)cc(N(c2ccc(-c3ccc4c(c3)sc3ccccc34)cc2)c2cccc(-n3c4ccccc4c4ccccc43)c2)c1. The zero-order valence-electron chi connectivity index (χ0n) is 33.5. The Morgan fingerprint density at radius 2 is 1.03 bits per heavy atom. The van der Waals surface area contributed by atoms with Crippen LogP contribution in [0.15, 0.2) is 223 Å². The number of para-hydroxylation sites is 2. The predicted octanol–water partition coefficient (Wildman–Crippen LogP) is 17.0. The van der Waals surface area contributed by atoms with E-state index in [1.54, 1.807) is 0 Å². The Bertz CT molecular complexity index is 3830. The van der Waals surface area contributed by atoms with Crippen LogP contribution in [0.2, 0.25) is 0 Å². The zero-order chi connectivity index (χ0) is 40.7. The van der Waals surface area contributed by atoms with Gasteiger partial charge in [-0.05, 0) is 107 Å². The molecule has 3 heterocycles. The molecule has 0 atom stereocenters. The van der Waals surface area contributed by atoms with E-state index in [0.717, 1.165) is 61.2 Å². The third kappa shape index (κ3) is 5.44. The highest BCUT2D eigenvalue weighted by Gasteiger charge is 2.19. The number of anilines is 3. The molecule has 0 radical (unpaired) electrons. The average molecular weight is 809 g/mol. The second-order valence-corrected chi connectivity index (χ2v) is 17.2. The van der Waals surface area contributed by atoms with E-state index in [9.17, 15) is 0 Å². The molecule has 3 nitrogen and oxygen atoms in total. The van der Waals surface area contributed by atoms with Crippen molar-refractivity contribution in [2.24, 2.45) is 0 Å². The highest BCUT2D eigenvalue weighted by Crippen LogP contribution is 2.44. The molecule has 10 aromatic carbocycles. The van der Waals surface area contributed by atoms with Crippen molar-refractivity contribution >= 4 is 103 Å². The van der Waals surface area contributed by atoms with Gasteiger partial charge in [-0.2, -0.15) is 0 Å². The Balaban J connectivity index is 0.974. The Labute approximate surface area is 361 Å². The molecule has 4 heteroatoms. The molecule has 0 aliphatic heterocycles. The highest BCUT2D eigenvalue weighted by molar-refractivity contribution is 7.25. The van der Waals surface area contributed by atoms with Crippen molar-refractivity contribution in [2.75, 3.05) is 4.90 Å². The molecule has 0 spiro atoms. The van der Waals surface area contributed by atoms with Crippen LogP contribution in [0.25, 0.3) is 103 Å². The molecule has 13 rings (SSSR count). The number of benzene rings is 10. The third-order valence-corrected chi connectivity index (χ3v) is 13.7. The van der Waals surface area contributed by atoms with Gasteiger partial charge < -0.3 is 13.9 Å². The minimum atomic E-state index is 0.888. The lowest BCUT2D eigenvalue weighted by Crippen LogP contribution is -2.10. The molecule has 0 saturated carbocycles. The smallest absolute Gasteiger partial charge is 0.143 e. The third-order valence-electron chi connectivity index (χ3n) is 12.6. The summed E-state index contributed by atoms with van der Waals surface area (Å²) in [4.78, 5) is 2.39. The van der Waals surface area contributed by atoms with Crippen LogP contribution in [0.1, 0.15) is 0 Å². The van der Waals surface area contributed by atoms with E-state index in [1.165, 1.54) is 58.5 Å². The van der Waals surface area contributed by atoms with Crippen LogP contribution in [-0.4, -0.2) is 4.57 Å². The lowest BCUT2D eigenvalue weighted by atomic mass is 9.97. The summed E-state index contributed by atoms with van der Waals surface area (Å²) in [7, 11) is 0. The maximum atomic E-state index is 6.63. The van der Waals surface area contributed by atoms with Crippen LogP contribution < -0.4 is 4.90 Å². The fourth-order valence-corrected chi connectivity index (χ4v) is 10.9. The topological polar surface area (TPSA) is 21.3 Å². The molecule has 3 aromatic heterocycles. The largest absolute Gasteiger partial charge is 0.455 e. The van der Waals surface area contributed by atoms with E-state index in [-0.39, 0.29) is 0 Å². The predicted molar refractivity (Wildman–Crippen MR) is 264 cm³/mol. The van der Waals surface area contributed by atoms with Crippen molar-refractivity contribution in [1.82, 2.24) is 4.57 Å². The summed E-state index contributed by atoms with van der Waals surface area (Å²) < 4.78 is 11.6. The first kappa shape index (κ1) is 34.9. The van der Waals surface area contributed by atoms with E-state index in [1.807, 2.05) is 11.3 Å². The van der Waals surface area contributed by atoms with Crippen LogP contribution in [0.3, 0.4) is 0 Å². The van der Waals surface area contributed by atoms with Gasteiger partial charge in [0.1, 0.15) is 11.2 Å². The van der Waals surface area contributed by atoms with Gasteiger partial charge in [0, 0.05) is 69.9 Å². The van der Waals surface area contributed by atoms with Crippen LogP contribution in [-0.2, 0) is 0 Å². The van der Waals surface area contributed by atoms with E-state index >= 15 is 0 Å². The first-order valence-electron chi connectivity index (χ1n) is 21.1. The van der Waals surface area contributed by atoms with Crippen LogP contribution in [0.4, 0.5) is 17.1 Å². The molecule has 0 N–H and O–H groups in total. The molecule has 0 saturated heterocycles. The van der Waals surface area contributed by atoms with Crippen molar-refractivity contribution in [3.05, 3.63) is 218 Å². The molecule has 62 heavy (non-hydrogen) atoms. The maximum absolute atomic E-state index is 6.63. The van der Waals surface area contributed by atoms with Crippen molar-refractivity contribution in [2.45, 2.75) is 0 Å². The highest BCUT2D eigenvalue weighted by atomic mass is 32.1. The number of hydrogen-bond donors (Lipinski definition) is 0. The fraction of sp³-hybridized carbons (Fsp3) is 0. The number of rotatable bonds is 6. The second-order valence-electron chi connectivity index (χ2n) is 16.1. The van der Waals surface area contributed by atoms with Gasteiger partial charge in [-0.15, -0.1) is 11.3 Å². The number of furan rings is 1. The molecule has 0 amide bonds. The van der Waals surface area contributed by atoms with Crippen LogP contribution in [0, 0.1) is 0 Å². The summed E-state index contributed by atoms with van der Waals surface area (Å²) in [6, 6.07) is 79.2. The molecule has 0 aliphatic rings. The summed E-state index contributed by atoms with van der Waals surface area (Å²) in [5, 5.41) is 9.68. The quantitative estimate of drug-likeness (QED) is 0.167. The molecule has 0 fully saturated rings. The van der Waals surface area contributed by atoms with Gasteiger partial charge in [0.15, 0.2) is 0 Å². The van der Waals surface area contributed by atoms with E-state index in [2.05, 4.69) is 228 Å². The lowest BCUT2D eigenvalue weighted by molar-refractivity contribution is 0.673. The maximum Gasteiger partial charge on any atom is 0.143 e. The van der Waals surface area contributed by atoms with Gasteiger partial charge in [0.2, 0.25) is 0 Å². The number of hydrogen-bond acceptors (Lipinski definition) is 3. The summed E-state index contributed by atoms with van der Waals surface area (Å²) in [6.07, 6.45) is 0. The van der Waals surface area contributed by atoms with Gasteiger partial charge in [-0.25, -0.2) is 0 Å². The summed E-state index contributed by atoms with van der Waals surface area (Å²) in [5.74, 6) is 0. The fourth-order valence-electron chi connectivity index (χ4n) is 9.73. The Morgan fingerprint density at radius 1 is 0.387 bits per heavy atom. The van der Waals surface area contributed by atoms with Crippen LogP contribution in [0.5, 0.6) is 0 Å². The van der Waals surface area contributed by atoms with E-state index in [4.69, 9.17) is 4.42 Å². The summed E-state index contributed by atoms with van der Waals surface area (Å²) >= 11 is 1.86. The Morgan fingerprint density at radius 3 is 1.85 bits per heavy atom. The zero-order valence-corrected chi connectivity index (χ0v) is 34.3. The van der Waals surface area contributed by atoms with Crippen molar-refractivity contribution in [3.8, 4) is 27.9 Å². The van der Waals surface area contributed by atoms with Gasteiger partial charge in [-0.1, -0.05) is 140 Å². The van der Waals surface area contributed by atoms with Crippen molar-refractivity contribution < 1.29 is 4.42 Å². The molecular weight excluding hydrogens is 773 g/mol.